The van der Waals surface area contributed by atoms with Gasteiger partial charge in [0.1, 0.15) is 0 Å². The lowest BCUT2D eigenvalue weighted by atomic mass is 10.3. The van der Waals surface area contributed by atoms with E-state index in [9.17, 15) is 12.6 Å². The molecule has 1 rings (SSSR count). The van der Waals surface area contributed by atoms with Crippen LogP contribution in [0.15, 0.2) is 0 Å². The Balaban J connectivity index is 3.00. The van der Waals surface area contributed by atoms with E-state index in [1.165, 1.54) is 0 Å². The Hall–Kier alpha value is -0.150. The minimum Gasteiger partial charge on any atom is -0.293 e. The predicted molar refractivity (Wildman–Crippen MR) is 46.9 cm³/mol. The Morgan fingerprint density at radius 2 is 1.62 bits per heavy atom. The van der Waals surface area contributed by atoms with E-state index in [1.54, 1.807) is 0 Å². The van der Waals surface area contributed by atoms with Crippen LogP contribution in [0.4, 0.5) is 0 Å². The highest BCUT2D eigenvalue weighted by molar-refractivity contribution is 8.15. The van der Waals surface area contributed by atoms with Crippen molar-refractivity contribution in [3.63, 3.8) is 0 Å². The van der Waals surface area contributed by atoms with Crippen LogP contribution in [-0.4, -0.2) is 35.1 Å². The molecule has 1 unspecified atom stereocenters. The molecule has 1 aliphatic rings. The summed E-state index contributed by atoms with van der Waals surface area (Å²) in [6.07, 6.45) is 0.962. The van der Waals surface area contributed by atoms with Crippen LogP contribution >= 0.6 is 0 Å². The Bertz CT molecular complexity index is 374. The average Bonchev–Trinajstić information content (AvgIpc) is 1.97. The quantitative estimate of drug-likeness (QED) is 0.449. The van der Waals surface area contributed by atoms with Crippen molar-refractivity contribution in [3.8, 4) is 0 Å². The molecule has 0 fully saturated rings. The number of rotatable bonds is 0. The van der Waals surface area contributed by atoms with Crippen molar-refractivity contribution in [2.24, 2.45) is 0 Å². The first-order chi connectivity index (χ1) is 5.91. The van der Waals surface area contributed by atoms with E-state index >= 15 is 0 Å². The van der Waals surface area contributed by atoms with E-state index in [0.717, 1.165) is 0 Å². The monoisotopic (exact) mass is 230 g/mol. The van der Waals surface area contributed by atoms with Crippen molar-refractivity contribution in [1.29, 1.82) is 0 Å². The zero-order valence-corrected chi connectivity index (χ0v) is 8.34. The summed E-state index contributed by atoms with van der Waals surface area (Å²) in [7, 11) is -7.91. The van der Waals surface area contributed by atoms with E-state index in [2.05, 4.69) is 8.37 Å². The van der Waals surface area contributed by atoms with Crippen molar-refractivity contribution < 1.29 is 25.5 Å². The molecule has 0 spiro atoms. The highest BCUT2D eigenvalue weighted by atomic mass is 32.3. The van der Waals surface area contributed by atoms with Gasteiger partial charge in [-0.3, -0.25) is 12.9 Å². The van der Waals surface area contributed by atoms with Crippen LogP contribution in [0.2, 0.25) is 0 Å². The standard InChI is InChI=1S/C5H10O6S2/c6-12(7)5-13(8,9)11-4-2-1-3-10-12/h5H,1-4H2,(H,6,7). The second kappa shape index (κ2) is 3.93. The Morgan fingerprint density at radius 3 is 2.23 bits per heavy atom. The van der Waals surface area contributed by atoms with E-state index in [0.29, 0.717) is 12.8 Å². The van der Waals surface area contributed by atoms with Gasteiger partial charge in [-0.1, -0.05) is 0 Å². The Kier molecular flexibility index (Phi) is 3.30. The molecule has 0 aliphatic carbocycles. The zero-order valence-electron chi connectivity index (χ0n) is 6.71. The smallest absolute Gasteiger partial charge is 0.293 e. The highest BCUT2D eigenvalue weighted by Crippen LogP contribution is 2.03. The van der Waals surface area contributed by atoms with E-state index < -0.39 is 20.2 Å². The lowest BCUT2D eigenvalue weighted by Gasteiger charge is -2.01. The molecule has 0 radical (unpaired) electrons. The predicted octanol–water partition coefficient (Wildman–Crippen LogP) is -0.425. The second-order valence-electron chi connectivity index (χ2n) is 2.46. The molecule has 0 aromatic rings. The minimum absolute atomic E-state index is 0.0116. The Morgan fingerprint density at radius 1 is 1.08 bits per heavy atom. The SMILES string of the molecule is O=S1(=O)C=S(=O)(O)OCCCCO1. The molecule has 13 heavy (non-hydrogen) atoms. The fraction of sp³-hybridized carbons (Fsp3) is 0.800. The van der Waals surface area contributed by atoms with Crippen LogP contribution in [0.25, 0.3) is 0 Å². The van der Waals surface area contributed by atoms with Gasteiger partial charge in [0.2, 0.25) is 10.1 Å². The van der Waals surface area contributed by atoms with Gasteiger partial charge in [-0.05, 0) is 12.8 Å². The van der Waals surface area contributed by atoms with Gasteiger partial charge in [-0.2, -0.15) is 8.42 Å². The molecule has 0 aromatic carbocycles. The van der Waals surface area contributed by atoms with Gasteiger partial charge in [0.25, 0.3) is 0 Å². The fourth-order valence-electron chi connectivity index (χ4n) is 0.762. The molecule has 1 heterocycles. The molecular formula is C5H10O6S2. The minimum atomic E-state index is -4.05. The van der Waals surface area contributed by atoms with Crippen molar-refractivity contribution in [3.05, 3.63) is 0 Å². The van der Waals surface area contributed by atoms with Gasteiger partial charge in [0.15, 0.2) is 4.70 Å². The molecule has 8 heteroatoms. The maximum atomic E-state index is 11.0. The number of hydrogen-bond acceptors (Lipinski definition) is 5. The van der Waals surface area contributed by atoms with Gasteiger partial charge in [-0.15, -0.1) is 0 Å². The second-order valence-corrected chi connectivity index (χ2v) is 5.71. The van der Waals surface area contributed by atoms with Crippen LogP contribution in [-0.2, 0) is 28.6 Å². The van der Waals surface area contributed by atoms with Gasteiger partial charge in [0.05, 0.1) is 13.2 Å². The van der Waals surface area contributed by atoms with Crippen LogP contribution < -0.4 is 0 Å². The van der Waals surface area contributed by atoms with E-state index in [-0.39, 0.29) is 17.9 Å². The van der Waals surface area contributed by atoms with Gasteiger partial charge < -0.3 is 0 Å². The Labute approximate surface area is 77.0 Å². The summed E-state index contributed by atoms with van der Waals surface area (Å²) in [6.45, 7) is 0.0580. The van der Waals surface area contributed by atoms with E-state index in [4.69, 9.17) is 4.55 Å². The molecule has 78 valence electrons. The van der Waals surface area contributed by atoms with Gasteiger partial charge in [0, 0.05) is 0 Å². The molecule has 0 bridgehead atoms. The average molecular weight is 230 g/mol. The molecule has 0 saturated carbocycles. The number of hydrogen-bond donors (Lipinski definition) is 1. The summed E-state index contributed by atoms with van der Waals surface area (Å²) in [5.41, 5.74) is 0. The van der Waals surface area contributed by atoms with Crippen LogP contribution in [0.1, 0.15) is 12.8 Å². The van der Waals surface area contributed by atoms with Gasteiger partial charge in [-0.25, -0.2) is 4.21 Å². The third-order valence-corrected chi connectivity index (χ3v) is 4.19. The summed E-state index contributed by atoms with van der Waals surface area (Å²) in [4.78, 5) is 0. The van der Waals surface area contributed by atoms with Crippen LogP contribution in [0.3, 0.4) is 0 Å². The first kappa shape index (κ1) is 10.9. The summed E-state index contributed by atoms with van der Waals surface area (Å²) in [5.74, 6) is 0. The first-order valence-corrected chi connectivity index (χ1v) is 6.54. The normalized spacial score (nSPS) is 35.2. The summed E-state index contributed by atoms with van der Waals surface area (Å²) in [6, 6.07) is 0. The van der Waals surface area contributed by atoms with Crippen LogP contribution in [0.5, 0.6) is 0 Å². The van der Waals surface area contributed by atoms with E-state index in [1.807, 2.05) is 0 Å². The summed E-state index contributed by atoms with van der Waals surface area (Å²) in [5, 5.41) is 0. The third-order valence-electron chi connectivity index (χ3n) is 1.28. The molecule has 1 atom stereocenters. The maximum absolute atomic E-state index is 11.0. The lowest BCUT2D eigenvalue weighted by Crippen LogP contribution is -2.14. The lowest BCUT2D eigenvalue weighted by molar-refractivity contribution is 0.271. The van der Waals surface area contributed by atoms with Crippen molar-refractivity contribution >= 4 is 24.9 Å². The first-order valence-electron chi connectivity index (χ1n) is 3.56. The maximum Gasteiger partial charge on any atom is 0.302 e. The largest absolute Gasteiger partial charge is 0.302 e. The van der Waals surface area contributed by atoms with Crippen molar-refractivity contribution in [2.45, 2.75) is 12.8 Å². The molecule has 0 amide bonds. The van der Waals surface area contributed by atoms with Crippen molar-refractivity contribution in [1.82, 2.24) is 0 Å². The van der Waals surface area contributed by atoms with Crippen molar-refractivity contribution in [2.75, 3.05) is 13.2 Å². The van der Waals surface area contributed by atoms with Crippen LogP contribution in [0, 0.1) is 0 Å². The topological polar surface area (TPSA) is 89.9 Å². The highest BCUT2D eigenvalue weighted by Gasteiger charge is 2.15. The summed E-state index contributed by atoms with van der Waals surface area (Å²) < 4.78 is 50.7. The zero-order chi connectivity index (χ0) is 9.95. The molecule has 0 saturated heterocycles. The fourth-order valence-corrected chi connectivity index (χ4v) is 3.10. The molecular weight excluding hydrogens is 220 g/mol. The molecule has 6 nitrogen and oxygen atoms in total. The van der Waals surface area contributed by atoms with Gasteiger partial charge >= 0.3 is 10.1 Å². The third kappa shape index (κ3) is 4.05. The molecule has 1 aliphatic heterocycles. The molecule has 0 aromatic heterocycles. The molecule has 1 N–H and O–H groups in total. The summed E-state index contributed by atoms with van der Waals surface area (Å²) >= 11 is 0.